The van der Waals surface area contributed by atoms with Crippen molar-refractivity contribution in [1.82, 2.24) is 0 Å². The Hall–Kier alpha value is -3.27. The first-order valence-corrected chi connectivity index (χ1v) is 8.23. The molecule has 4 rings (SSSR count). The summed E-state index contributed by atoms with van der Waals surface area (Å²) < 4.78 is 0. The number of rotatable bonds is 3. The molecule has 0 radical (unpaired) electrons. The van der Waals surface area contributed by atoms with Crippen molar-refractivity contribution in [2.24, 2.45) is 0 Å². The van der Waals surface area contributed by atoms with Gasteiger partial charge in [0.25, 0.3) is 0 Å². The van der Waals surface area contributed by atoms with Crippen molar-refractivity contribution >= 4 is 17.3 Å². The predicted molar refractivity (Wildman–Crippen MR) is 99.0 cm³/mol. The number of anilines is 2. The molecule has 124 valence electrons. The molecule has 0 amide bonds. The molecule has 0 bridgehead atoms. The summed E-state index contributed by atoms with van der Waals surface area (Å²) >= 11 is 0. The highest BCUT2D eigenvalue weighted by Gasteiger charge is 2.30. The molecule has 3 N–H and O–H groups in total. The average Bonchev–Trinajstić information content (AvgIpc) is 2.68. The van der Waals surface area contributed by atoms with Gasteiger partial charge >= 0.3 is 5.97 Å². The van der Waals surface area contributed by atoms with Crippen LogP contribution in [-0.4, -0.2) is 11.1 Å². The van der Waals surface area contributed by atoms with Crippen LogP contribution in [0.4, 0.5) is 11.4 Å². The topological polar surface area (TPSA) is 61.4 Å². The van der Waals surface area contributed by atoms with E-state index < -0.39 is 5.97 Å². The number of benzene rings is 3. The average molecular weight is 330 g/mol. The second-order valence-corrected chi connectivity index (χ2v) is 6.13. The Morgan fingerprint density at radius 1 is 0.720 bits per heavy atom. The van der Waals surface area contributed by atoms with Gasteiger partial charge in [-0.2, -0.15) is 0 Å². The Bertz CT molecular complexity index is 894. The molecule has 3 aromatic rings. The molecule has 3 aromatic carbocycles. The first kappa shape index (κ1) is 15.3. The van der Waals surface area contributed by atoms with Crippen LogP contribution in [0.5, 0.6) is 0 Å². The summed E-state index contributed by atoms with van der Waals surface area (Å²) in [5.74, 6) is -0.925. The van der Waals surface area contributed by atoms with Crippen molar-refractivity contribution in [1.29, 1.82) is 0 Å². The number of carboxylic acid groups (broad SMARTS) is 1. The van der Waals surface area contributed by atoms with E-state index in [1.807, 2.05) is 42.5 Å². The molecule has 4 nitrogen and oxygen atoms in total. The number of aromatic carboxylic acids is 1. The van der Waals surface area contributed by atoms with Crippen LogP contribution in [0.2, 0.25) is 0 Å². The largest absolute Gasteiger partial charge is 0.478 e. The van der Waals surface area contributed by atoms with Crippen molar-refractivity contribution < 1.29 is 9.90 Å². The fourth-order valence-electron chi connectivity index (χ4n) is 3.30. The second-order valence-electron chi connectivity index (χ2n) is 6.13. The molecule has 4 heteroatoms. The molecule has 1 heterocycles. The molecule has 0 fully saturated rings. The number of hydrogen-bond acceptors (Lipinski definition) is 3. The highest BCUT2D eigenvalue weighted by Crippen LogP contribution is 2.42. The van der Waals surface area contributed by atoms with E-state index in [4.69, 9.17) is 0 Å². The maximum absolute atomic E-state index is 11.3. The van der Waals surface area contributed by atoms with Crippen molar-refractivity contribution in [3.8, 4) is 0 Å². The molecular weight excluding hydrogens is 312 g/mol. The van der Waals surface area contributed by atoms with Gasteiger partial charge in [-0.25, -0.2) is 4.79 Å². The van der Waals surface area contributed by atoms with Gasteiger partial charge in [0.15, 0.2) is 0 Å². The molecule has 0 unspecified atom stereocenters. The van der Waals surface area contributed by atoms with E-state index in [1.165, 1.54) is 5.56 Å². The van der Waals surface area contributed by atoms with Crippen LogP contribution in [0.1, 0.15) is 33.6 Å². The van der Waals surface area contributed by atoms with Crippen LogP contribution in [-0.2, 0) is 0 Å². The lowest BCUT2D eigenvalue weighted by Crippen LogP contribution is -2.30. The van der Waals surface area contributed by atoms with Gasteiger partial charge in [-0.1, -0.05) is 60.7 Å². The van der Waals surface area contributed by atoms with Gasteiger partial charge in [-0.3, -0.25) is 0 Å². The van der Waals surface area contributed by atoms with Gasteiger partial charge in [0.05, 0.1) is 29.0 Å². The zero-order valence-corrected chi connectivity index (χ0v) is 13.5. The molecule has 25 heavy (non-hydrogen) atoms. The van der Waals surface area contributed by atoms with E-state index in [9.17, 15) is 9.90 Å². The lowest BCUT2D eigenvalue weighted by Gasteiger charge is -2.37. The SMILES string of the molecule is O=C(O)c1ccc2c(c1)N[C@@H](c1ccccc1)[C@H](c1ccccc1)N2. The van der Waals surface area contributed by atoms with E-state index >= 15 is 0 Å². The Kier molecular flexibility index (Phi) is 3.86. The summed E-state index contributed by atoms with van der Waals surface area (Å²) in [7, 11) is 0. The molecule has 0 aromatic heterocycles. The number of nitrogens with one attached hydrogen (secondary N) is 2. The first-order chi connectivity index (χ1) is 12.2. The monoisotopic (exact) mass is 330 g/mol. The fraction of sp³-hybridized carbons (Fsp3) is 0.0952. The zero-order chi connectivity index (χ0) is 17.2. The summed E-state index contributed by atoms with van der Waals surface area (Å²) in [6, 6.07) is 25.6. The Balaban J connectivity index is 1.79. The standard InChI is InChI=1S/C21H18N2O2/c24-21(25)16-11-12-17-18(13-16)23-20(15-9-5-2-6-10-15)19(22-17)14-7-3-1-4-8-14/h1-13,19-20,22-23H,(H,24,25)/t19-,20-/m0/s1. The van der Waals surface area contributed by atoms with Gasteiger partial charge in [0, 0.05) is 0 Å². The van der Waals surface area contributed by atoms with Crippen molar-refractivity contribution in [2.45, 2.75) is 12.1 Å². The minimum Gasteiger partial charge on any atom is -0.478 e. The molecule has 0 saturated heterocycles. The number of hydrogen-bond donors (Lipinski definition) is 3. The minimum atomic E-state index is -0.925. The van der Waals surface area contributed by atoms with Gasteiger partial charge < -0.3 is 15.7 Å². The maximum atomic E-state index is 11.3. The highest BCUT2D eigenvalue weighted by atomic mass is 16.4. The summed E-state index contributed by atoms with van der Waals surface area (Å²) in [5, 5.41) is 16.4. The Labute approximate surface area is 146 Å². The van der Waals surface area contributed by atoms with E-state index in [0.29, 0.717) is 0 Å². The van der Waals surface area contributed by atoms with Crippen LogP contribution in [0, 0.1) is 0 Å². The van der Waals surface area contributed by atoms with Crippen molar-refractivity contribution in [3.63, 3.8) is 0 Å². The lowest BCUT2D eigenvalue weighted by molar-refractivity contribution is 0.0697. The second kappa shape index (κ2) is 6.32. The van der Waals surface area contributed by atoms with E-state index in [0.717, 1.165) is 16.9 Å². The highest BCUT2D eigenvalue weighted by molar-refractivity contribution is 5.91. The summed E-state index contributed by atoms with van der Waals surface area (Å²) in [6.07, 6.45) is 0. The normalized spacial score (nSPS) is 18.6. The van der Waals surface area contributed by atoms with Gasteiger partial charge in [0.1, 0.15) is 0 Å². The van der Waals surface area contributed by atoms with Gasteiger partial charge in [0.2, 0.25) is 0 Å². The lowest BCUT2D eigenvalue weighted by atomic mass is 9.90. The Morgan fingerprint density at radius 2 is 1.24 bits per heavy atom. The smallest absolute Gasteiger partial charge is 0.335 e. The van der Waals surface area contributed by atoms with Crippen LogP contribution in [0.3, 0.4) is 0 Å². The molecular formula is C21H18N2O2. The quantitative estimate of drug-likeness (QED) is 0.651. The van der Waals surface area contributed by atoms with Gasteiger partial charge in [-0.15, -0.1) is 0 Å². The van der Waals surface area contributed by atoms with Crippen LogP contribution in [0.25, 0.3) is 0 Å². The van der Waals surface area contributed by atoms with Gasteiger partial charge in [-0.05, 0) is 29.3 Å². The van der Waals surface area contributed by atoms with Crippen molar-refractivity contribution in [2.75, 3.05) is 10.6 Å². The Morgan fingerprint density at radius 3 is 1.76 bits per heavy atom. The third-order valence-electron chi connectivity index (χ3n) is 4.54. The number of carbonyl (C=O) groups is 1. The maximum Gasteiger partial charge on any atom is 0.335 e. The molecule has 0 saturated carbocycles. The zero-order valence-electron chi connectivity index (χ0n) is 13.5. The molecule has 1 aliphatic rings. The minimum absolute atomic E-state index is 0.000134. The van der Waals surface area contributed by atoms with E-state index in [-0.39, 0.29) is 17.6 Å². The molecule has 0 aliphatic carbocycles. The van der Waals surface area contributed by atoms with E-state index in [1.54, 1.807) is 12.1 Å². The summed E-state index contributed by atoms with van der Waals surface area (Å²) in [4.78, 5) is 11.3. The summed E-state index contributed by atoms with van der Waals surface area (Å²) in [6.45, 7) is 0. The molecule has 0 spiro atoms. The third kappa shape index (κ3) is 2.94. The number of carboxylic acids is 1. The third-order valence-corrected chi connectivity index (χ3v) is 4.54. The predicted octanol–water partition coefficient (Wildman–Crippen LogP) is 4.70. The summed E-state index contributed by atoms with van der Waals surface area (Å²) in [5.41, 5.74) is 4.32. The van der Waals surface area contributed by atoms with E-state index in [2.05, 4.69) is 34.9 Å². The molecule has 2 atom stereocenters. The van der Waals surface area contributed by atoms with Crippen LogP contribution < -0.4 is 10.6 Å². The fourth-order valence-corrected chi connectivity index (χ4v) is 3.30. The van der Waals surface area contributed by atoms with Crippen LogP contribution >= 0.6 is 0 Å². The van der Waals surface area contributed by atoms with Crippen molar-refractivity contribution in [3.05, 3.63) is 95.6 Å². The van der Waals surface area contributed by atoms with Crippen LogP contribution in [0.15, 0.2) is 78.9 Å². The molecule has 1 aliphatic heterocycles. The number of fused-ring (bicyclic) bond motifs is 1. The first-order valence-electron chi connectivity index (χ1n) is 8.23.